The fraction of sp³-hybridized carbons (Fsp3) is 0.118. The highest BCUT2D eigenvalue weighted by atomic mass is 19.1. The maximum Gasteiger partial charge on any atom is 0.123 e. The van der Waals surface area contributed by atoms with E-state index in [0.29, 0.717) is 0 Å². The van der Waals surface area contributed by atoms with E-state index < -0.39 is 0 Å². The van der Waals surface area contributed by atoms with Gasteiger partial charge in [-0.2, -0.15) is 5.10 Å². The Bertz CT molecular complexity index is 739. The molecule has 2 aromatic carbocycles. The monoisotopic (exact) mass is 266 g/mol. The topological polar surface area (TPSA) is 17.8 Å². The molecule has 0 bridgehead atoms. The van der Waals surface area contributed by atoms with Crippen LogP contribution >= 0.6 is 0 Å². The summed E-state index contributed by atoms with van der Waals surface area (Å²) in [5, 5.41) is 4.37. The number of hydrogen-bond donors (Lipinski definition) is 0. The van der Waals surface area contributed by atoms with Gasteiger partial charge in [-0.3, -0.25) is 0 Å². The van der Waals surface area contributed by atoms with E-state index in [0.717, 1.165) is 16.8 Å². The third kappa shape index (κ3) is 2.48. The van der Waals surface area contributed by atoms with Crippen molar-refractivity contribution in [3.63, 3.8) is 0 Å². The fourth-order valence-corrected chi connectivity index (χ4v) is 2.36. The molecule has 0 aliphatic heterocycles. The highest BCUT2D eigenvalue weighted by molar-refractivity contribution is 5.62. The Kier molecular flexibility index (Phi) is 3.11. The number of hydrogen-bond acceptors (Lipinski definition) is 1. The molecule has 0 unspecified atom stereocenters. The van der Waals surface area contributed by atoms with E-state index in [9.17, 15) is 4.39 Å². The maximum atomic E-state index is 13.3. The van der Waals surface area contributed by atoms with E-state index in [2.05, 4.69) is 37.1 Å². The summed E-state index contributed by atoms with van der Waals surface area (Å²) in [6, 6.07) is 12.8. The highest BCUT2D eigenvalue weighted by Gasteiger charge is 2.05. The minimum Gasteiger partial charge on any atom is -0.240 e. The minimum atomic E-state index is -0.235. The van der Waals surface area contributed by atoms with Crippen molar-refractivity contribution in [1.82, 2.24) is 9.78 Å². The lowest BCUT2D eigenvalue weighted by Crippen LogP contribution is -1.95. The lowest BCUT2D eigenvalue weighted by molar-refractivity contribution is 0.628. The molecule has 2 nitrogen and oxygen atoms in total. The number of rotatable bonds is 2. The van der Waals surface area contributed by atoms with Gasteiger partial charge in [0.05, 0.1) is 11.9 Å². The molecule has 0 atom stereocenters. The minimum absolute atomic E-state index is 0.235. The molecular weight excluding hydrogens is 251 g/mol. The van der Waals surface area contributed by atoms with Crippen LogP contribution < -0.4 is 0 Å². The quantitative estimate of drug-likeness (QED) is 0.676. The van der Waals surface area contributed by atoms with Gasteiger partial charge < -0.3 is 0 Å². The van der Waals surface area contributed by atoms with Gasteiger partial charge in [-0.25, -0.2) is 9.07 Å². The molecule has 100 valence electrons. The van der Waals surface area contributed by atoms with Gasteiger partial charge in [-0.15, -0.1) is 0 Å². The van der Waals surface area contributed by atoms with Crippen LogP contribution in [0.3, 0.4) is 0 Å². The van der Waals surface area contributed by atoms with Gasteiger partial charge in [-0.1, -0.05) is 18.2 Å². The lowest BCUT2D eigenvalue weighted by atomic mass is 10.1. The van der Waals surface area contributed by atoms with Gasteiger partial charge in [0.2, 0.25) is 0 Å². The molecule has 0 aliphatic rings. The Morgan fingerprint density at radius 1 is 0.950 bits per heavy atom. The second-order valence-electron chi connectivity index (χ2n) is 5.03. The highest BCUT2D eigenvalue weighted by Crippen LogP contribution is 2.21. The van der Waals surface area contributed by atoms with Crippen LogP contribution in [0, 0.1) is 19.7 Å². The molecule has 0 radical (unpaired) electrons. The summed E-state index contributed by atoms with van der Waals surface area (Å²) in [6.07, 6.45) is 3.68. The van der Waals surface area contributed by atoms with Crippen LogP contribution in [0.4, 0.5) is 4.39 Å². The molecule has 1 aromatic heterocycles. The summed E-state index contributed by atoms with van der Waals surface area (Å²) in [7, 11) is 0. The number of aromatic nitrogens is 2. The number of nitrogens with zero attached hydrogens (tertiary/aromatic N) is 2. The second kappa shape index (κ2) is 4.93. The normalized spacial score (nSPS) is 10.8. The van der Waals surface area contributed by atoms with Crippen molar-refractivity contribution in [3.05, 3.63) is 71.8 Å². The zero-order valence-corrected chi connectivity index (χ0v) is 11.5. The summed E-state index contributed by atoms with van der Waals surface area (Å²) < 4.78 is 15.1. The van der Waals surface area contributed by atoms with E-state index in [-0.39, 0.29) is 5.82 Å². The number of halogens is 1. The summed E-state index contributed by atoms with van der Waals surface area (Å²) in [5.74, 6) is -0.235. The lowest BCUT2D eigenvalue weighted by Gasteiger charge is -2.04. The predicted octanol–water partition coefficient (Wildman–Crippen LogP) is 4.30. The number of benzene rings is 2. The summed E-state index contributed by atoms with van der Waals surface area (Å²) in [6.45, 7) is 4.13. The fourth-order valence-electron chi connectivity index (χ4n) is 2.36. The van der Waals surface area contributed by atoms with Crippen molar-refractivity contribution >= 4 is 0 Å². The molecule has 0 aliphatic carbocycles. The third-order valence-corrected chi connectivity index (χ3v) is 3.21. The molecule has 3 aromatic rings. The van der Waals surface area contributed by atoms with Crippen LogP contribution in [0.25, 0.3) is 16.8 Å². The van der Waals surface area contributed by atoms with Crippen LogP contribution in [0.5, 0.6) is 0 Å². The van der Waals surface area contributed by atoms with Crippen LogP contribution in [0.1, 0.15) is 11.1 Å². The smallest absolute Gasteiger partial charge is 0.123 e. The first-order valence-electron chi connectivity index (χ1n) is 6.51. The average Bonchev–Trinajstić information content (AvgIpc) is 2.87. The SMILES string of the molecule is Cc1cc(C)cc(-n2cc(-c3cccc(F)c3)cn2)c1. The first kappa shape index (κ1) is 12.6. The number of aryl methyl sites for hydroxylation is 2. The van der Waals surface area contributed by atoms with Crippen LogP contribution in [0.15, 0.2) is 54.9 Å². The second-order valence-corrected chi connectivity index (χ2v) is 5.03. The molecule has 1 heterocycles. The molecule has 3 heteroatoms. The molecule has 0 spiro atoms. The molecule has 0 saturated heterocycles. The van der Waals surface area contributed by atoms with Gasteiger partial charge in [0.15, 0.2) is 0 Å². The molecule has 3 rings (SSSR count). The largest absolute Gasteiger partial charge is 0.240 e. The molecule has 0 amide bonds. The van der Waals surface area contributed by atoms with Crippen LogP contribution in [-0.4, -0.2) is 9.78 Å². The van der Waals surface area contributed by atoms with Gasteiger partial charge in [0.25, 0.3) is 0 Å². The third-order valence-electron chi connectivity index (χ3n) is 3.21. The predicted molar refractivity (Wildman–Crippen MR) is 78.4 cm³/mol. The van der Waals surface area contributed by atoms with Crippen molar-refractivity contribution in [3.8, 4) is 16.8 Å². The van der Waals surface area contributed by atoms with E-state index in [1.807, 2.05) is 16.9 Å². The van der Waals surface area contributed by atoms with E-state index >= 15 is 0 Å². The molecular formula is C17H15FN2. The van der Waals surface area contributed by atoms with Crippen molar-refractivity contribution in [2.75, 3.05) is 0 Å². The first-order chi connectivity index (χ1) is 9.61. The van der Waals surface area contributed by atoms with Crippen molar-refractivity contribution < 1.29 is 4.39 Å². The van der Waals surface area contributed by atoms with E-state index in [1.165, 1.54) is 23.3 Å². The van der Waals surface area contributed by atoms with Crippen molar-refractivity contribution in [1.29, 1.82) is 0 Å². The zero-order chi connectivity index (χ0) is 14.1. The summed E-state index contributed by atoms with van der Waals surface area (Å²) >= 11 is 0. The van der Waals surface area contributed by atoms with Crippen molar-refractivity contribution in [2.45, 2.75) is 13.8 Å². The van der Waals surface area contributed by atoms with E-state index in [4.69, 9.17) is 0 Å². The molecule has 20 heavy (non-hydrogen) atoms. The first-order valence-corrected chi connectivity index (χ1v) is 6.51. The zero-order valence-electron chi connectivity index (χ0n) is 11.5. The van der Waals surface area contributed by atoms with Crippen LogP contribution in [-0.2, 0) is 0 Å². The van der Waals surface area contributed by atoms with Gasteiger partial charge in [0.1, 0.15) is 5.82 Å². The van der Waals surface area contributed by atoms with Crippen LogP contribution in [0.2, 0.25) is 0 Å². The Hall–Kier alpha value is -2.42. The van der Waals surface area contributed by atoms with E-state index in [1.54, 1.807) is 12.3 Å². The molecule has 0 saturated carbocycles. The average molecular weight is 266 g/mol. The summed E-state index contributed by atoms with van der Waals surface area (Å²) in [5.41, 5.74) is 5.15. The maximum absolute atomic E-state index is 13.3. The Morgan fingerprint density at radius 2 is 1.70 bits per heavy atom. The Balaban J connectivity index is 2.02. The summed E-state index contributed by atoms with van der Waals surface area (Å²) in [4.78, 5) is 0. The van der Waals surface area contributed by atoms with Gasteiger partial charge in [-0.05, 0) is 54.8 Å². The van der Waals surface area contributed by atoms with Gasteiger partial charge in [0, 0.05) is 11.8 Å². The molecule has 0 N–H and O–H groups in total. The van der Waals surface area contributed by atoms with Gasteiger partial charge >= 0.3 is 0 Å². The standard InChI is InChI=1S/C17H15FN2/c1-12-6-13(2)8-17(7-12)20-11-15(10-19-20)14-4-3-5-16(18)9-14/h3-11H,1-2H3. The molecule has 0 fully saturated rings. The Morgan fingerprint density at radius 3 is 2.40 bits per heavy atom. The Labute approximate surface area is 117 Å². The van der Waals surface area contributed by atoms with Crippen molar-refractivity contribution in [2.24, 2.45) is 0 Å².